The second kappa shape index (κ2) is 8.49. The van der Waals surface area contributed by atoms with Gasteiger partial charge in [0.1, 0.15) is 5.75 Å². The number of ether oxygens (including phenoxy) is 2. The largest absolute Gasteiger partial charge is 0.494 e. The molecule has 27 heavy (non-hydrogen) atoms. The SMILES string of the molecule is CCOc1ccc(Nc2nc(N)c([N+](=O)[O-])c(NC[C@H]3CCCO3)n2)cc1. The molecule has 1 aliphatic heterocycles. The molecule has 0 aliphatic carbocycles. The number of nitrogen functional groups attached to an aromatic ring is 1. The van der Waals surface area contributed by atoms with Crippen LogP contribution in [0.25, 0.3) is 0 Å². The lowest BCUT2D eigenvalue weighted by Gasteiger charge is -2.13. The molecule has 0 radical (unpaired) electrons. The van der Waals surface area contributed by atoms with Crippen molar-refractivity contribution in [3.8, 4) is 5.75 Å². The summed E-state index contributed by atoms with van der Waals surface area (Å²) < 4.78 is 10.9. The first-order chi connectivity index (χ1) is 13.1. The topological polar surface area (TPSA) is 137 Å². The summed E-state index contributed by atoms with van der Waals surface area (Å²) in [6.45, 7) is 3.60. The molecule has 1 aromatic heterocycles. The van der Waals surface area contributed by atoms with Crippen LogP contribution in [0.4, 0.5) is 29.0 Å². The van der Waals surface area contributed by atoms with Crippen molar-refractivity contribution in [3.63, 3.8) is 0 Å². The van der Waals surface area contributed by atoms with Gasteiger partial charge in [0.2, 0.25) is 17.6 Å². The van der Waals surface area contributed by atoms with Gasteiger partial charge in [-0.25, -0.2) is 0 Å². The number of anilines is 4. The third-order valence-electron chi connectivity index (χ3n) is 4.04. The molecule has 3 rings (SSSR count). The molecule has 0 bridgehead atoms. The normalized spacial score (nSPS) is 16.1. The summed E-state index contributed by atoms with van der Waals surface area (Å²) in [7, 11) is 0. The molecule has 144 valence electrons. The van der Waals surface area contributed by atoms with E-state index in [2.05, 4.69) is 20.6 Å². The van der Waals surface area contributed by atoms with Crippen molar-refractivity contribution in [1.29, 1.82) is 0 Å². The quantitative estimate of drug-likeness (QED) is 0.470. The van der Waals surface area contributed by atoms with Gasteiger partial charge in [-0.1, -0.05) is 0 Å². The lowest BCUT2D eigenvalue weighted by molar-refractivity contribution is -0.383. The third-order valence-corrected chi connectivity index (χ3v) is 4.04. The van der Waals surface area contributed by atoms with E-state index in [0.29, 0.717) is 25.4 Å². The number of nitrogens with one attached hydrogen (secondary N) is 2. The van der Waals surface area contributed by atoms with Gasteiger partial charge in [-0.2, -0.15) is 9.97 Å². The zero-order chi connectivity index (χ0) is 19.2. The zero-order valence-electron chi connectivity index (χ0n) is 15.0. The number of nitrogens with two attached hydrogens (primary N) is 1. The highest BCUT2D eigenvalue weighted by molar-refractivity contribution is 5.71. The summed E-state index contributed by atoms with van der Waals surface area (Å²) in [6.07, 6.45) is 1.88. The van der Waals surface area contributed by atoms with Crippen molar-refractivity contribution in [2.24, 2.45) is 0 Å². The van der Waals surface area contributed by atoms with Crippen molar-refractivity contribution in [3.05, 3.63) is 34.4 Å². The number of hydrogen-bond donors (Lipinski definition) is 3. The monoisotopic (exact) mass is 374 g/mol. The Morgan fingerprint density at radius 2 is 2.15 bits per heavy atom. The molecule has 1 fully saturated rings. The molecule has 4 N–H and O–H groups in total. The van der Waals surface area contributed by atoms with Crippen LogP contribution >= 0.6 is 0 Å². The van der Waals surface area contributed by atoms with Gasteiger partial charge in [-0.3, -0.25) is 10.1 Å². The molecule has 1 aliphatic rings. The molecule has 10 heteroatoms. The molecule has 1 atom stereocenters. The lowest BCUT2D eigenvalue weighted by Crippen LogP contribution is -2.20. The van der Waals surface area contributed by atoms with Gasteiger partial charge in [0, 0.05) is 18.8 Å². The Labute approximate surface area is 156 Å². The predicted molar refractivity (Wildman–Crippen MR) is 101 cm³/mol. The number of aromatic nitrogens is 2. The summed E-state index contributed by atoms with van der Waals surface area (Å²) in [6, 6.07) is 7.20. The van der Waals surface area contributed by atoms with E-state index in [4.69, 9.17) is 15.2 Å². The Bertz CT molecular complexity index is 793. The fourth-order valence-electron chi connectivity index (χ4n) is 2.78. The first-order valence-corrected chi connectivity index (χ1v) is 8.74. The Hall–Kier alpha value is -3.14. The fraction of sp³-hybridized carbons (Fsp3) is 0.412. The molecule has 0 amide bonds. The number of hydrogen-bond acceptors (Lipinski definition) is 9. The highest BCUT2D eigenvalue weighted by atomic mass is 16.6. The summed E-state index contributed by atoms with van der Waals surface area (Å²) in [5.41, 5.74) is 6.16. The van der Waals surface area contributed by atoms with Crippen LogP contribution in [-0.2, 0) is 4.74 Å². The first kappa shape index (κ1) is 18.6. The molecular weight excluding hydrogens is 352 g/mol. The first-order valence-electron chi connectivity index (χ1n) is 8.74. The molecule has 1 aromatic carbocycles. The Balaban J connectivity index is 1.79. The highest BCUT2D eigenvalue weighted by Gasteiger charge is 2.24. The lowest BCUT2D eigenvalue weighted by atomic mass is 10.2. The van der Waals surface area contributed by atoms with Crippen LogP contribution in [0.2, 0.25) is 0 Å². The number of nitrogens with zero attached hydrogens (tertiary/aromatic N) is 3. The van der Waals surface area contributed by atoms with Crippen LogP contribution in [0.5, 0.6) is 5.75 Å². The molecule has 2 aromatic rings. The van der Waals surface area contributed by atoms with Crippen LogP contribution < -0.4 is 21.1 Å². The number of rotatable bonds is 8. The van der Waals surface area contributed by atoms with Gasteiger partial charge in [0.25, 0.3) is 0 Å². The molecule has 1 saturated heterocycles. The minimum absolute atomic E-state index is 0.00307. The Kier molecular flexibility index (Phi) is 5.87. The van der Waals surface area contributed by atoms with Crippen molar-refractivity contribution in [2.75, 3.05) is 36.1 Å². The van der Waals surface area contributed by atoms with Gasteiger partial charge in [-0.05, 0) is 44.0 Å². The molecule has 10 nitrogen and oxygen atoms in total. The van der Waals surface area contributed by atoms with E-state index in [1.54, 1.807) is 24.3 Å². The fourth-order valence-corrected chi connectivity index (χ4v) is 2.78. The van der Waals surface area contributed by atoms with E-state index >= 15 is 0 Å². The van der Waals surface area contributed by atoms with E-state index in [1.807, 2.05) is 6.92 Å². The van der Waals surface area contributed by atoms with Crippen LogP contribution in [0.1, 0.15) is 19.8 Å². The average molecular weight is 374 g/mol. The van der Waals surface area contributed by atoms with E-state index in [-0.39, 0.29) is 29.4 Å². The van der Waals surface area contributed by atoms with Gasteiger partial charge in [-0.15, -0.1) is 0 Å². The van der Waals surface area contributed by atoms with Crippen molar-refractivity contribution < 1.29 is 14.4 Å². The number of nitro groups is 1. The third kappa shape index (κ3) is 4.73. The second-order valence-corrected chi connectivity index (χ2v) is 5.99. The Morgan fingerprint density at radius 3 is 2.78 bits per heavy atom. The van der Waals surface area contributed by atoms with Crippen LogP contribution in [-0.4, -0.2) is 40.8 Å². The molecule has 2 heterocycles. The summed E-state index contributed by atoms with van der Waals surface area (Å²) in [5.74, 6) is 0.762. The van der Waals surface area contributed by atoms with Crippen molar-refractivity contribution in [2.45, 2.75) is 25.9 Å². The van der Waals surface area contributed by atoms with Gasteiger partial charge in [0.05, 0.1) is 17.6 Å². The molecule has 0 unspecified atom stereocenters. The van der Waals surface area contributed by atoms with E-state index < -0.39 is 4.92 Å². The van der Waals surface area contributed by atoms with E-state index in [9.17, 15) is 10.1 Å². The maximum absolute atomic E-state index is 11.3. The van der Waals surface area contributed by atoms with Crippen molar-refractivity contribution >= 4 is 29.0 Å². The maximum atomic E-state index is 11.3. The predicted octanol–water partition coefficient (Wildman–Crippen LogP) is 2.70. The second-order valence-electron chi connectivity index (χ2n) is 5.99. The van der Waals surface area contributed by atoms with Crippen LogP contribution in [0, 0.1) is 10.1 Å². The Morgan fingerprint density at radius 1 is 1.37 bits per heavy atom. The molecule has 0 saturated carbocycles. The zero-order valence-corrected chi connectivity index (χ0v) is 15.0. The van der Waals surface area contributed by atoms with Gasteiger partial charge in [0.15, 0.2) is 0 Å². The number of benzene rings is 1. The minimum atomic E-state index is -0.589. The van der Waals surface area contributed by atoms with Crippen LogP contribution in [0.3, 0.4) is 0 Å². The summed E-state index contributed by atoms with van der Waals surface area (Å²) >= 11 is 0. The van der Waals surface area contributed by atoms with E-state index in [0.717, 1.165) is 18.6 Å². The standard InChI is InChI=1S/C17H22N6O4/c1-2-26-12-7-5-11(6-8-12)20-17-21-15(18)14(23(24)25)16(22-17)19-10-13-4-3-9-27-13/h5-8,13H,2-4,9-10H2,1H3,(H4,18,19,20,21,22)/t13-/m1/s1. The molecular formula is C17H22N6O4. The van der Waals surface area contributed by atoms with E-state index in [1.165, 1.54) is 0 Å². The maximum Gasteiger partial charge on any atom is 0.353 e. The van der Waals surface area contributed by atoms with Gasteiger partial charge >= 0.3 is 5.69 Å². The minimum Gasteiger partial charge on any atom is -0.494 e. The summed E-state index contributed by atoms with van der Waals surface area (Å²) in [5, 5.41) is 17.3. The van der Waals surface area contributed by atoms with Crippen LogP contribution in [0.15, 0.2) is 24.3 Å². The average Bonchev–Trinajstić information content (AvgIpc) is 3.15. The smallest absolute Gasteiger partial charge is 0.353 e. The molecule has 0 spiro atoms. The van der Waals surface area contributed by atoms with Crippen molar-refractivity contribution in [1.82, 2.24) is 9.97 Å². The summed E-state index contributed by atoms with van der Waals surface area (Å²) in [4.78, 5) is 19.0. The van der Waals surface area contributed by atoms with Gasteiger partial charge < -0.3 is 25.8 Å². The highest BCUT2D eigenvalue weighted by Crippen LogP contribution is 2.30.